The van der Waals surface area contributed by atoms with Crippen molar-refractivity contribution in [3.05, 3.63) is 29.8 Å². The van der Waals surface area contributed by atoms with Crippen molar-refractivity contribution in [2.24, 2.45) is 0 Å². The number of aromatic hydroxyl groups is 1. The van der Waals surface area contributed by atoms with Crippen LogP contribution in [-0.2, 0) is 16.1 Å². The zero-order chi connectivity index (χ0) is 12.7. The van der Waals surface area contributed by atoms with Crippen LogP contribution in [0, 0.1) is 0 Å². The maximum Gasteiger partial charge on any atom is 0.323 e. The van der Waals surface area contributed by atoms with Gasteiger partial charge in [0.1, 0.15) is 11.8 Å². The van der Waals surface area contributed by atoms with Gasteiger partial charge in [-0.05, 0) is 13.0 Å². The number of carbonyl (C=O) groups is 1. The number of thiol groups is 1. The van der Waals surface area contributed by atoms with E-state index in [0.29, 0.717) is 18.9 Å². The van der Waals surface area contributed by atoms with Gasteiger partial charge < -0.3 is 9.84 Å². The molecule has 0 amide bonds. The van der Waals surface area contributed by atoms with E-state index in [9.17, 15) is 9.90 Å². The normalized spacial score (nSPS) is 12.1. The molecule has 5 heteroatoms. The van der Waals surface area contributed by atoms with E-state index in [2.05, 4.69) is 17.9 Å². The molecule has 0 saturated carbocycles. The predicted molar refractivity (Wildman–Crippen MR) is 69.2 cm³/mol. The highest BCUT2D eigenvalue weighted by Gasteiger charge is 2.17. The predicted octanol–water partition coefficient (Wildman–Crippen LogP) is 1.34. The second-order valence-corrected chi connectivity index (χ2v) is 3.86. The van der Waals surface area contributed by atoms with Gasteiger partial charge in [0.15, 0.2) is 0 Å². The van der Waals surface area contributed by atoms with Crippen molar-refractivity contribution in [2.75, 3.05) is 12.4 Å². The number of rotatable bonds is 6. The standard InChI is InChI=1S/C12H17NO3S/c1-2-16-12(15)10(8-17)13-7-9-5-3-4-6-11(9)14/h3-6,10,13-14,17H,2,7-8H2,1H3/t10-/m1/s1. The number of carbonyl (C=O) groups excluding carboxylic acids is 1. The molecule has 0 radical (unpaired) electrons. The van der Waals surface area contributed by atoms with Gasteiger partial charge in [0.2, 0.25) is 0 Å². The number of hydrogen-bond acceptors (Lipinski definition) is 5. The van der Waals surface area contributed by atoms with Gasteiger partial charge in [0, 0.05) is 17.9 Å². The Morgan fingerprint density at radius 3 is 2.82 bits per heavy atom. The monoisotopic (exact) mass is 255 g/mol. The van der Waals surface area contributed by atoms with Gasteiger partial charge in [-0.15, -0.1) is 0 Å². The van der Waals surface area contributed by atoms with Crippen LogP contribution in [0.1, 0.15) is 12.5 Å². The molecule has 2 N–H and O–H groups in total. The van der Waals surface area contributed by atoms with Crippen molar-refractivity contribution in [2.45, 2.75) is 19.5 Å². The van der Waals surface area contributed by atoms with Gasteiger partial charge in [0.05, 0.1) is 6.61 Å². The number of benzene rings is 1. The Kier molecular flexibility index (Phi) is 5.86. The molecule has 0 heterocycles. The maximum atomic E-state index is 11.5. The molecule has 0 fully saturated rings. The highest BCUT2D eigenvalue weighted by Crippen LogP contribution is 2.15. The summed E-state index contributed by atoms with van der Waals surface area (Å²) in [6.07, 6.45) is 0. The third-order valence-corrected chi connectivity index (χ3v) is 2.65. The van der Waals surface area contributed by atoms with Gasteiger partial charge in [0.25, 0.3) is 0 Å². The summed E-state index contributed by atoms with van der Waals surface area (Å²) in [5.41, 5.74) is 0.739. The van der Waals surface area contributed by atoms with Crippen LogP contribution in [0.2, 0.25) is 0 Å². The van der Waals surface area contributed by atoms with E-state index < -0.39 is 6.04 Å². The van der Waals surface area contributed by atoms with Gasteiger partial charge in [-0.1, -0.05) is 18.2 Å². The van der Waals surface area contributed by atoms with E-state index >= 15 is 0 Å². The Hall–Kier alpha value is -1.20. The highest BCUT2D eigenvalue weighted by atomic mass is 32.1. The molecule has 0 aliphatic carbocycles. The number of nitrogens with one attached hydrogen (secondary N) is 1. The van der Waals surface area contributed by atoms with Gasteiger partial charge in [-0.3, -0.25) is 10.1 Å². The van der Waals surface area contributed by atoms with Crippen LogP contribution < -0.4 is 5.32 Å². The van der Waals surface area contributed by atoms with Crippen molar-refractivity contribution in [1.29, 1.82) is 0 Å². The zero-order valence-corrected chi connectivity index (χ0v) is 10.6. The fourth-order valence-corrected chi connectivity index (χ4v) is 1.64. The summed E-state index contributed by atoms with van der Waals surface area (Å²) in [4.78, 5) is 11.5. The van der Waals surface area contributed by atoms with Gasteiger partial charge in [-0.25, -0.2) is 0 Å². The Labute approximate surface area is 106 Å². The minimum Gasteiger partial charge on any atom is -0.508 e. The smallest absolute Gasteiger partial charge is 0.323 e. The lowest BCUT2D eigenvalue weighted by atomic mass is 10.2. The van der Waals surface area contributed by atoms with Gasteiger partial charge >= 0.3 is 5.97 Å². The number of phenolic OH excluding ortho intramolecular Hbond substituents is 1. The number of esters is 1. The summed E-state index contributed by atoms with van der Waals surface area (Å²) in [6.45, 7) is 2.51. The van der Waals surface area contributed by atoms with Crippen LogP contribution in [0.5, 0.6) is 5.75 Å². The molecule has 17 heavy (non-hydrogen) atoms. The van der Waals surface area contributed by atoms with E-state index in [4.69, 9.17) is 4.74 Å². The average Bonchev–Trinajstić information content (AvgIpc) is 2.32. The van der Waals surface area contributed by atoms with Crippen LogP contribution in [0.25, 0.3) is 0 Å². The summed E-state index contributed by atoms with van der Waals surface area (Å²) < 4.78 is 4.90. The molecule has 1 atom stereocenters. The summed E-state index contributed by atoms with van der Waals surface area (Å²) >= 11 is 4.09. The molecule has 0 unspecified atom stereocenters. The SMILES string of the molecule is CCOC(=O)[C@@H](CS)NCc1ccccc1O. The highest BCUT2D eigenvalue weighted by molar-refractivity contribution is 7.80. The first-order valence-corrected chi connectivity index (χ1v) is 6.10. The first-order valence-electron chi connectivity index (χ1n) is 5.46. The Morgan fingerprint density at radius 2 is 2.24 bits per heavy atom. The molecular formula is C12H17NO3S. The van der Waals surface area contributed by atoms with Crippen molar-refractivity contribution in [1.82, 2.24) is 5.32 Å². The maximum absolute atomic E-state index is 11.5. The summed E-state index contributed by atoms with van der Waals surface area (Å²) in [5.74, 6) is 0.242. The van der Waals surface area contributed by atoms with Crippen molar-refractivity contribution >= 4 is 18.6 Å². The average molecular weight is 255 g/mol. The third-order valence-electron chi connectivity index (χ3n) is 2.28. The van der Waals surface area contributed by atoms with Crippen molar-refractivity contribution in [3.63, 3.8) is 0 Å². The Morgan fingerprint density at radius 1 is 1.53 bits per heavy atom. The Bertz CT molecular complexity index is 371. The second-order valence-electron chi connectivity index (χ2n) is 3.50. The lowest BCUT2D eigenvalue weighted by Crippen LogP contribution is -2.39. The molecule has 0 spiro atoms. The second kappa shape index (κ2) is 7.19. The molecule has 1 aromatic rings. The van der Waals surface area contributed by atoms with Crippen molar-refractivity contribution in [3.8, 4) is 5.75 Å². The number of phenols is 1. The first kappa shape index (κ1) is 13.9. The summed E-state index contributed by atoms with van der Waals surface area (Å²) in [6, 6.07) is 6.52. The molecule has 1 aromatic carbocycles. The number of hydrogen-bond donors (Lipinski definition) is 3. The number of ether oxygens (including phenoxy) is 1. The molecule has 4 nitrogen and oxygen atoms in total. The van der Waals surface area contributed by atoms with Crippen molar-refractivity contribution < 1.29 is 14.6 Å². The van der Waals surface area contributed by atoms with E-state index in [-0.39, 0.29) is 11.7 Å². The Balaban J connectivity index is 2.53. The minimum absolute atomic E-state index is 0.210. The van der Waals surface area contributed by atoms with E-state index in [0.717, 1.165) is 5.56 Å². The van der Waals surface area contributed by atoms with Gasteiger partial charge in [-0.2, -0.15) is 12.6 Å². The fourth-order valence-electron chi connectivity index (χ4n) is 1.36. The van der Waals surface area contributed by atoms with E-state index in [1.807, 2.05) is 6.07 Å². The molecule has 0 bridgehead atoms. The zero-order valence-electron chi connectivity index (χ0n) is 9.72. The topological polar surface area (TPSA) is 58.6 Å². The van der Waals surface area contributed by atoms with Crippen LogP contribution in [0.3, 0.4) is 0 Å². The molecular weight excluding hydrogens is 238 g/mol. The molecule has 0 aliphatic heterocycles. The largest absolute Gasteiger partial charge is 0.508 e. The molecule has 0 aliphatic rings. The fraction of sp³-hybridized carbons (Fsp3) is 0.417. The van der Waals surface area contributed by atoms with Crippen LogP contribution in [0.15, 0.2) is 24.3 Å². The van der Waals surface area contributed by atoms with E-state index in [1.54, 1.807) is 25.1 Å². The molecule has 1 rings (SSSR count). The first-order chi connectivity index (χ1) is 8.19. The minimum atomic E-state index is -0.460. The molecule has 94 valence electrons. The summed E-state index contributed by atoms with van der Waals surface area (Å²) in [5, 5.41) is 12.6. The lowest BCUT2D eigenvalue weighted by Gasteiger charge is -2.15. The molecule has 0 saturated heterocycles. The quantitative estimate of drug-likeness (QED) is 0.530. The van der Waals surface area contributed by atoms with E-state index in [1.165, 1.54) is 0 Å². The van der Waals surface area contributed by atoms with Crippen LogP contribution in [-0.4, -0.2) is 29.5 Å². The third kappa shape index (κ3) is 4.28. The lowest BCUT2D eigenvalue weighted by molar-refractivity contribution is -0.145. The molecule has 0 aromatic heterocycles. The summed E-state index contributed by atoms with van der Waals surface area (Å²) in [7, 11) is 0. The number of para-hydroxylation sites is 1. The van der Waals surface area contributed by atoms with Crippen LogP contribution in [0.4, 0.5) is 0 Å². The van der Waals surface area contributed by atoms with Crippen LogP contribution >= 0.6 is 12.6 Å².